The largest absolute Gasteiger partial charge is 0.457 e. The molecule has 1 aromatic carbocycles. The SMILES string of the molecule is C/C(=C\c1cccc(COC(=O)N(C)C)c1)[C@H]1OC(=O)C[C@H](O)CC[C@H](C)[C@H](OC(=O)N2CCN(C)CC2)/C=C/[C@@H]1C. The smallest absolute Gasteiger partial charge is 0.410 e. The summed E-state index contributed by atoms with van der Waals surface area (Å²) in [6.07, 6.45) is 3.99. The van der Waals surface area contributed by atoms with Gasteiger partial charge in [0, 0.05) is 46.2 Å². The van der Waals surface area contributed by atoms with Crippen molar-refractivity contribution in [1.82, 2.24) is 14.7 Å². The van der Waals surface area contributed by atoms with Gasteiger partial charge in [0.15, 0.2) is 0 Å². The number of carbonyl (C=O) groups excluding carboxylic acids is 3. The van der Waals surface area contributed by atoms with Gasteiger partial charge in [-0.05, 0) is 61.6 Å². The first kappa shape index (κ1) is 33.1. The number of hydrogen-bond acceptors (Lipinski definition) is 8. The van der Waals surface area contributed by atoms with E-state index in [0.29, 0.717) is 25.9 Å². The van der Waals surface area contributed by atoms with Gasteiger partial charge in [0.2, 0.25) is 0 Å². The van der Waals surface area contributed by atoms with E-state index < -0.39 is 30.4 Å². The fourth-order valence-corrected chi connectivity index (χ4v) is 5.02. The van der Waals surface area contributed by atoms with E-state index in [-0.39, 0.29) is 31.0 Å². The summed E-state index contributed by atoms with van der Waals surface area (Å²) in [5.74, 6) is -0.742. The number of likely N-dealkylation sites (N-methyl/N-ethyl adjacent to an activating group) is 1. The van der Waals surface area contributed by atoms with Crippen molar-refractivity contribution < 1.29 is 33.7 Å². The molecule has 0 spiro atoms. The summed E-state index contributed by atoms with van der Waals surface area (Å²) in [6, 6.07) is 7.61. The Bertz CT molecular complexity index is 1130. The molecule has 2 aliphatic rings. The van der Waals surface area contributed by atoms with Gasteiger partial charge in [0.1, 0.15) is 18.8 Å². The number of rotatable bonds is 5. The van der Waals surface area contributed by atoms with Gasteiger partial charge in [0.25, 0.3) is 0 Å². The average molecular weight is 586 g/mol. The van der Waals surface area contributed by atoms with E-state index >= 15 is 0 Å². The van der Waals surface area contributed by atoms with E-state index in [1.165, 1.54) is 4.90 Å². The van der Waals surface area contributed by atoms with E-state index in [9.17, 15) is 19.5 Å². The molecule has 1 aromatic rings. The van der Waals surface area contributed by atoms with Gasteiger partial charge in [-0.15, -0.1) is 0 Å². The van der Waals surface area contributed by atoms with Crippen LogP contribution in [0.1, 0.15) is 51.2 Å². The molecule has 0 bridgehead atoms. The van der Waals surface area contributed by atoms with Crippen molar-refractivity contribution in [2.24, 2.45) is 11.8 Å². The number of ether oxygens (including phenoxy) is 3. The standard InChI is InChI=1S/C32H47N3O7/c1-22-10-12-27(36)20-29(37)42-30(23(2)11-13-28(22)41-32(39)35-16-14-34(6)15-17-35)24(3)18-25-8-7-9-26(19-25)21-40-31(38)33(4)5/h7-9,11,13,18-19,22-23,27-28,30,36H,10,12,14-17,20-21H2,1-6H3/b13-11+,24-18+/t22-,23-,27+,28+,30-/m0/s1. The van der Waals surface area contributed by atoms with E-state index in [0.717, 1.165) is 29.8 Å². The molecule has 1 saturated heterocycles. The number of amides is 2. The minimum Gasteiger partial charge on any atom is -0.457 e. The van der Waals surface area contributed by atoms with Crippen molar-refractivity contribution in [2.75, 3.05) is 47.3 Å². The third kappa shape index (κ3) is 10.2. The highest BCUT2D eigenvalue weighted by molar-refractivity contribution is 5.71. The zero-order valence-corrected chi connectivity index (χ0v) is 25.8. The molecular formula is C32H47N3O7. The lowest BCUT2D eigenvalue weighted by Gasteiger charge is -2.33. The first-order valence-corrected chi connectivity index (χ1v) is 14.7. The quantitative estimate of drug-likeness (QED) is 0.309. The van der Waals surface area contributed by atoms with Crippen LogP contribution in [0, 0.1) is 11.8 Å². The summed E-state index contributed by atoms with van der Waals surface area (Å²) < 4.78 is 17.2. The number of esters is 1. The van der Waals surface area contributed by atoms with E-state index in [4.69, 9.17) is 14.2 Å². The molecule has 0 aromatic heterocycles. The van der Waals surface area contributed by atoms with Crippen molar-refractivity contribution in [1.29, 1.82) is 0 Å². The zero-order valence-electron chi connectivity index (χ0n) is 25.8. The molecule has 10 heteroatoms. The molecule has 2 heterocycles. The fraction of sp³-hybridized carbons (Fsp3) is 0.594. The minimum atomic E-state index is -0.848. The summed E-state index contributed by atoms with van der Waals surface area (Å²) in [5.41, 5.74) is 2.52. The second-order valence-corrected chi connectivity index (χ2v) is 11.8. The number of aliphatic hydroxyl groups excluding tert-OH is 1. The minimum absolute atomic E-state index is 0.0469. The van der Waals surface area contributed by atoms with Crippen molar-refractivity contribution in [3.63, 3.8) is 0 Å². The lowest BCUT2D eigenvalue weighted by molar-refractivity contribution is -0.151. The maximum Gasteiger partial charge on any atom is 0.410 e. The van der Waals surface area contributed by atoms with Crippen LogP contribution in [0.2, 0.25) is 0 Å². The van der Waals surface area contributed by atoms with Crippen LogP contribution in [0.5, 0.6) is 0 Å². The third-order valence-corrected chi connectivity index (χ3v) is 7.78. The highest BCUT2D eigenvalue weighted by Gasteiger charge is 2.29. The summed E-state index contributed by atoms with van der Waals surface area (Å²) in [6.45, 7) is 8.84. The number of hydrogen-bond donors (Lipinski definition) is 1. The van der Waals surface area contributed by atoms with Gasteiger partial charge in [0.05, 0.1) is 12.5 Å². The Hall–Kier alpha value is -3.37. The van der Waals surface area contributed by atoms with Crippen LogP contribution in [0.25, 0.3) is 6.08 Å². The van der Waals surface area contributed by atoms with Crippen LogP contribution >= 0.6 is 0 Å². The van der Waals surface area contributed by atoms with Gasteiger partial charge < -0.3 is 34.0 Å². The predicted molar refractivity (Wildman–Crippen MR) is 161 cm³/mol. The van der Waals surface area contributed by atoms with Crippen molar-refractivity contribution in [3.8, 4) is 0 Å². The first-order valence-electron chi connectivity index (χ1n) is 14.7. The molecule has 0 unspecified atom stereocenters. The van der Waals surface area contributed by atoms with Gasteiger partial charge in [-0.25, -0.2) is 9.59 Å². The number of piperazine rings is 1. The molecule has 1 N–H and O–H groups in total. The van der Waals surface area contributed by atoms with Crippen LogP contribution in [0.4, 0.5) is 9.59 Å². The fourth-order valence-electron chi connectivity index (χ4n) is 5.02. The van der Waals surface area contributed by atoms with Gasteiger partial charge in [-0.1, -0.05) is 44.2 Å². The molecule has 10 nitrogen and oxygen atoms in total. The van der Waals surface area contributed by atoms with Crippen LogP contribution in [0.15, 0.2) is 42.0 Å². The normalized spacial score (nSPS) is 27.2. The molecule has 5 atom stereocenters. The lowest BCUT2D eigenvalue weighted by Crippen LogP contribution is -2.48. The average Bonchev–Trinajstić information content (AvgIpc) is 2.95. The van der Waals surface area contributed by atoms with Gasteiger partial charge >= 0.3 is 18.2 Å². The second kappa shape index (κ2) is 15.7. The summed E-state index contributed by atoms with van der Waals surface area (Å²) in [7, 11) is 5.29. The Morgan fingerprint density at radius 2 is 1.83 bits per heavy atom. The van der Waals surface area contributed by atoms with Crippen LogP contribution < -0.4 is 0 Å². The van der Waals surface area contributed by atoms with E-state index in [2.05, 4.69) is 4.90 Å². The summed E-state index contributed by atoms with van der Waals surface area (Å²) in [5, 5.41) is 10.6. The van der Waals surface area contributed by atoms with Crippen LogP contribution in [-0.2, 0) is 25.6 Å². The molecule has 42 heavy (non-hydrogen) atoms. The van der Waals surface area contributed by atoms with E-state index in [1.54, 1.807) is 19.0 Å². The Morgan fingerprint density at radius 3 is 2.52 bits per heavy atom. The molecule has 232 valence electrons. The maximum absolute atomic E-state index is 13.0. The molecule has 1 fully saturated rings. The molecule has 0 aliphatic carbocycles. The van der Waals surface area contributed by atoms with Crippen molar-refractivity contribution >= 4 is 24.2 Å². The number of cyclic esters (lactones) is 1. The monoisotopic (exact) mass is 585 g/mol. The topological polar surface area (TPSA) is 109 Å². The highest BCUT2D eigenvalue weighted by Crippen LogP contribution is 2.26. The summed E-state index contributed by atoms with van der Waals surface area (Å²) in [4.78, 5) is 42.9. The molecule has 2 amide bonds. The molecule has 2 aliphatic heterocycles. The number of carbonyl (C=O) groups is 3. The van der Waals surface area contributed by atoms with E-state index in [1.807, 2.05) is 70.3 Å². The maximum atomic E-state index is 13.0. The predicted octanol–water partition coefficient (Wildman–Crippen LogP) is 4.33. The molecule has 3 rings (SSSR count). The van der Waals surface area contributed by atoms with Crippen LogP contribution in [-0.4, -0.2) is 104 Å². The molecule has 0 radical (unpaired) electrons. The third-order valence-electron chi connectivity index (χ3n) is 7.78. The van der Waals surface area contributed by atoms with Crippen molar-refractivity contribution in [2.45, 2.75) is 65.0 Å². The Morgan fingerprint density at radius 1 is 1.12 bits per heavy atom. The Kier molecular flexibility index (Phi) is 12.4. The number of benzene rings is 1. The molecule has 0 saturated carbocycles. The van der Waals surface area contributed by atoms with Crippen LogP contribution in [0.3, 0.4) is 0 Å². The van der Waals surface area contributed by atoms with Gasteiger partial charge in [-0.2, -0.15) is 0 Å². The first-order chi connectivity index (χ1) is 19.9. The zero-order chi connectivity index (χ0) is 30.8. The lowest BCUT2D eigenvalue weighted by atomic mass is 9.91. The summed E-state index contributed by atoms with van der Waals surface area (Å²) >= 11 is 0. The Labute approximate surface area is 249 Å². The van der Waals surface area contributed by atoms with Gasteiger partial charge in [-0.3, -0.25) is 4.79 Å². The number of aliphatic hydroxyl groups is 1. The second-order valence-electron chi connectivity index (χ2n) is 11.8. The number of nitrogens with zero attached hydrogens (tertiary/aromatic N) is 3. The highest BCUT2D eigenvalue weighted by atomic mass is 16.6. The van der Waals surface area contributed by atoms with Crippen molar-refractivity contribution in [3.05, 3.63) is 53.1 Å². The molecular weight excluding hydrogens is 538 g/mol. The Balaban J connectivity index is 1.80.